The molecule has 1 fully saturated rings. The largest absolute Gasteiger partial charge is 0.439 e. The first kappa shape index (κ1) is 17.8. The number of anilines is 1. The molecule has 7 heteroatoms. The monoisotopic (exact) mass is 408 g/mol. The van der Waals surface area contributed by atoms with Crippen LogP contribution in [0.3, 0.4) is 0 Å². The molecule has 1 saturated carbocycles. The summed E-state index contributed by atoms with van der Waals surface area (Å²) in [6.07, 6.45) is 4.97. The maximum Gasteiger partial charge on any atom is 0.219 e. The van der Waals surface area contributed by atoms with Gasteiger partial charge in [0, 0.05) is 22.9 Å². The van der Waals surface area contributed by atoms with Crippen LogP contribution in [0.4, 0.5) is 5.82 Å². The number of para-hydroxylation sites is 1. The zero-order chi connectivity index (χ0) is 20.8. The van der Waals surface area contributed by atoms with Crippen LogP contribution in [0, 0.1) is 0 Å². The van der Waals surface area contributed by atoms with Crippen LogP contribution in [0.2, 0.25) is 0 Å². The van der Waals surface area contributed by atoms with Crippen LogP contribution >= 0.6 is 0 Å². The number of ether oxygens (including phenoxy) is 1. The molecular formula is C24H20N6O. The predicted octanol–water partition coefficient (Wildman–Crippen LogP) is 4.98. The number of nitrogens with zero attached hydrogens (tertiary/aromatic N) is 5. The molecule has 2 aromatic carbocycles. The molecule has 1 aliphatic carbocycles. The Labute approximate surface area is 178 Å². The fourth-order valence-corrected chi connectivity index (χ4v) is 4.02. The zero-order valence-electron chi connectivity index (χ0n) is 16.8. The smallest absolute Gasteiger partial charge is 0.219 e. The van der Waals surface area contributed by atoms with Crippen LogP contribution in [-0.4, -0.2) is 24.6 Å². The van der Waals surface area contributed by atoms with E-state index >= 15 is 0 Å². The summed E-state index contributed by atoms with van der Waals surface area (Å²) in [4.78, 5) is 13.9. The van der Waals surface area contributed by atoms with Gasteiger partial charge in [-0.2, -0.15) is 5.10 Å². The van der Waals surface area contributed by atoms with E-state index in [-0.39, 0.29) is 0 Å². The molecule has 3 heterocycles. The highest BCUT2D eigenvalue weighted by atomic mass is 16.5. The maximum absolute atomic E-state index is 6.24. The van der Waals surface area contributed by atoms with Crippen molar-refractivity contribution in [2.75, 3.05) is 5.73 Å². The van der Waals surface area contributed by atoms with Crippen molar-refractivity contribution >= 4 is 22.2 Å². The van der Waals surface area contributed by atoms with Crippen LogP contribution in [-0.2, 0) is 0 Å². The molecule has 7 nitrogen and oxygen atoms in total. The number of aromatic nitrogens is 5. The van der Waals surface area contributed by atoms with Gasteiger partial charge in [0.05, 0.1) is 5.52 Å². The third kappa shape index (κ3) is 3.06. The van der Waals surface area contributed by atoms with E-state index in [2.05, 4.69) is 10.1 Å². The summed E-state index contributed by atoms with van der Waals surface area (Å²) < 4.78 is 7.76. The second-order valence-corrected chi connectivity index (χ2v) is 7.82. The van der Waals surface area contributed by atoms with E-state index in [1.165, 1.54) is 12.7 Å². The summed E-state index contributed by atoms with van der Waals surface area (Å²) in [5.41, 5.74) is 9.54. The van der Waals surface area contributed by atoms with Gasteiger partial charge in [0.15, 0.2) is 5.82 Å². The molecule has 0 saturated heterocycles. The minimum absolute atomic E-state index is 0.417. The number of fused-ring (bicyclic) bond motifs is 2. The van der Waals surface area contributed by atoms with Crippen molar-refractivity contribution in [1.29, 1.82) is 0 Å². The Morgan fingerprint density at radius 1 is 0.968 bits per heavy atom. The number of nitrogen functional groups attached to an aromatic ring is 1. The molecule has 0 atom stereocenters. The van der Waals surface area contributed by atoms with Gasteiger partial charge in [-0.05, 0) is 37.1 Å². The number of benzene rings is 2. The van der Waals surface area contributed by atoms with Gasteiger partial charge in [0.2, 0.25) is 5.88 Å². The van der Waals surface area contributed by atoms with Gasteiger partial charge < -0.3 is 10.5 Å². The summed E-state index contributed by atoms with van der Waals surface area (Å²) in [5, 5.41) is 5.47. The quantitative estimate of drug-likeness (QED) is 0.451. The Bertz CT molecular complexity index is 1410. The maximum atomic E-state index is 6.24. The summed E-state index contributed by atoms with van der Waals surface area (Å²) in [6, 6.07) is 19.6. The summed E-state index contributed by atoms with van der Waals surface area (Å²) in [7, 11) is 0. The number of rotatable bonds is 4. The molecule has 0 amide bonds. The predicted molar refractivity (Wildman–Crippen MR) is 119 cm³/mol. The molecule has 0 radical (unpaired) electrons. The first-order valence-corrected chi connectivity index (χ1v) is 10.4. The van der Waals surface area contributed by atoms with E-state index in [9.17, 15) is 0 Å². The first-order chi connectivity index (χ1) is 15.3. The molecule has 2 N–H and O–H groups in total. The second-order valence-electron chi connectivity index (χ2n) is 7.82. The lowest BCUT2D eigenvalue weighted by Crippen LogP contribution is -2.14. The molecule has 1 aliphatic rings. The Morgan fingerprint density at radius 2 is 1.81 bits per heavy atom. The molecule has 0 aliphatic heterocycles. The number of hydrogen-bond acceptors (Lipinski definition) is 6. The number of pyridine rings is 1. The van der Waals surface area contributed by atoms with Crippen molar-refractivity contribution in [2.45, 2.75) is 25.2 Å². The lowest BCUT2D eigenvalue weighted by Gasteiger charge is -2.23. The first-order valence-electron chi connectivity index (χ1n) is 10.4. The Hall–Kier alpha value is -4.00. The van der Waals surface area contributed by atoms with Gasteiger partial charge in [0.1, 0.15) is 29.1 Å². The highest BCUT2D eigenvalue weighted by Gasteiger charge is 2.27. The van der Waals surface area contributed by atoms with Gasteiger partial charge in [-0.15, -0.1) is 0 Å². The van der Waals surface area contributed by atoms with Crippen LogP contribution in [0.25, 0.3) is 27.7 Å². The summed E-state index contributed by atoms with van der Waals surface area (Å²) in [6.45, 7) is 0. The van der Waals surface area contributed by atoms with Crippen molar-refractivity contribution in [1.82, 2.24) is 24.6 Å². The van der Waals surface area contributed by atoms with E-state index in [1.54, 1.807) is 0 Å². The SMILES string of the molecule is Nc1ncnn2c(C3CCC3)nc(-c3ccc4ccc(Oc5ccccc5)nc4c3)c12. The van der Waals surface area contributed by atoms with Crippen LogP contribution in [0.15, 0.2) is 67.0 Å². The molecule has 31 heavy (non-hydrogen) atoms. The van der Waals surface area contributed by atoms with Crippen molar-refractivity contribution in [3.05, 3.63) is 72.8 Å². The molecule has 5 aromatic rings. The Morgan fingerprint density at radius 3 is 2.61 bits per heavy atom. The minimum Gasteiger partial charge on any atom is -0.439 e. The number of imidazole rings is 1. The highest BCUT2D eigenvalue weighted by Crippen LogP contribution is 2.39. The van der Waals surface area contributed by atoms with Crippen LogP contribution in [0.5, 0.6) is 11.6 Å². The average molecular weight is 408 g/mol. The summed E-state index contributed by atoms with van der Waals surface area (Å²) in [5.74, 6) is 3.10. The molecule has 0 unspecified atom stereocenters. The van der Waals surface area contributed by atoms with Gasteiger partial charge >= 0.3 is 0 Å². The lowest BCUT2D eigenvalue weighted by atomic mass is 9.85. The van der Waals surface area contributed by atoms with Gasteiger partial charge in [-0.3, -0.25) is 0 Å². The lowest BCUT2D eigenvalue weighted by molar-refractivity contribution is 0.396. The van der Waals surface area contributed by atoms with E-state index in [1.807, 2.05) is 65.2 Å². The molecule has 6 rings (SSSR count). The summed E-state index contributed by atoms with van der Waals surface area (Å²) >= 11 is 0. The molecule has 0 spiro atoms. The third-order valence-corrected chi connectivity index (χ3v) is 5.86. The molecule has 3 aromatic heterocycles. The topological polar surface area (TPSA) is 91.2 Å². The Balaban J connectivity index is 1.46. The normalized spacial score (nSPS) is 14.1. The molecular weight excluding hydrogens is 388 g/mol. The fraction of sp³-hybridized carbons (Fsp3) is 0.167. The third-order valence-electron chi connectivity index (χ3n) is 5.86. The Kier molecular flexibility index (Phi) is 4.06. The second kappa shape index (κ2) is 7.05. The van der Waals surface area contributed by atoms with Crippen molar-refractivity contribution in [3.8, 4) is 22.9 Å². The average Bonchev–Trinajstić information content (AvgIpc) is 3.13. The fourth-order valence-electron chi connectivity index (χ4n) is 4.02. The van der Waals surface area contributed by atoms with Crippen LogP contribution in [0.1, 0.15) is 31.0 Å². The van der Waals surface area contributed by atoms with Gasteiger partial charge in [-0.1, -0.05) is 36.8 Å². The van der Waals surface area contributed by atoms with Crippen molar-refractivity contribution in [2.24, 2.45) is 0 Å². The van der Waals surface area contributed by atoms with E-state index in [0.717, 1.165) is 52.1 Å². The van der Waals surface area contributed by atoms with E-state index < -0.39 is 0 Å². The number of nitrogens with two attached hydrogens (primary N) is 1. The molecule has 0 bridgehead atoms. The standard InChI is InChI=1S/C24H20N6O/c25-23-22-21(29-24(16-5-4-6-16)30(22)27-14-26-23)17-10-9-15-11-12-20(28-19(15)13-17)31-18-7-2-1-3-8-18/h1-3,7-14,16H,4-6H2,(H2,25,26,27). The zero-order valence-corrected chi connectivity index (χ0v) is 16.8. The van der Waals surface area contributed by atoms with Crippen molar-refractivity contribution < 1.29 is 4.74 Å². The number of hydrogen-bond donors (Lipinski definition) is 1. The van der Waals surface area contributed by atoms with E-state index in [4.69, 9.17) is 20.4 Å². The van der Waals surface area contributed by atoms with Crippen molar-refractivity contribution in [3.63, 3.8) is 0 Å². The molecule has 152 valence electrons. The minimum atomic E-state index is 0.417. The highest BCUT2D eigenvalue weighted by molar-refractivity contribution is 5.90. The van der Waals surface area contributed by atoms with E-state index in [0.29, 0.717) is 17.6 Å². The van der Waals surface area contributed by atoms with Gasteiger partial charge in [0.25, 0.3) is 0 Å². The van der Waals surface area contributed by atoms with Crippen LogP contribution < -0.4 is 10.5 Å². The van der Waals surface area contributed by atoms with Gasteiger partial charge in [-0.25, -0.2) is 19.5 Å².